The van der Waals surface area contributed by atoms with Crippen LogP contribution in [0.5, 0.6) is 0 Å². The highest BCUT2D eigenvalue weighted by atomic mass is 35.5. The van der Waals surface area contributed by atoms with Crippen LogP contribution in [0.1, 0.15) is 19.8 Å². The molecular formula is C16H25ClN4O4S. The zero-order valence-electron chi connectivity index (χ0n) is 14.6. The molecule has 0 bridgehead atoms. The van der Waals surface area contributed by atoms with Gasteiger partial charge in [-0.25, -0.2) is 8.42 Å². The van der Waals surface area contributed by atoms with Gasteiger partial charge in [0.2, 0.25) is 21.8 Å². The number of nitrogens with two attached hydrogens (primary N) is 1. The first-order valence-corrected chi connectivity index (χ1v) is 9.64. The molecule has 1 unspecified atom stereocenters. The van der Waals surface area contributed by atoms with Crippen LogP contribution in [-0.2, 0) is 19.6 Å². The van der Waals surface area contributed by atoms with Crippen molar-refractivity contribution in [2.24, 2.45) is 11.7 Å². The molecule has 1 aromatic rings. The maximum atomic E-state index is 12.8. The average molecular weight is 405 g/mol. The number of nitrogens with one attached hydrogen (secondary N) is 2. The molecule has 0 spiro atoms. The van der Waals surface area contributed by atoms with Gasteiger partial charge in [-0.2, -0.15) is 4.31 Å². The summed E-state index contributed by atoms with van der Waals surface area (Å²) >= 11 is 0. The van der Waals surface area contributed by atoms with Crippen LogP contribution in [0.2, 0.25) is 0 Å². The van der Waals surface area contributed by atoms with Crippen molar-refractivity contribution in [2.75, 3.05) is 31.5 Å². The van der Waals surface area contributed by atoms with Gasteiger partial charge in [0.1, 0.15) is 0 Å². The fourth-order valence-electron chi connectivity index (χ4n) is 2.78. The number of nitrogens with zero attached hydrogens (tertiary/aromatic N) is 1. The first kappa shape index (κ1) is 22.4. The molecule has 1 fully saturated rings. The molecule has 1 atom stereocenters. The number of piperidine rings is 1. The first-order chi connectivity index (χ1) is 11.8. The van der Waals surface area contributed by atoms with Crippen LogP contribution < -0.4 is 16.4 Å². The largest absolute Gasteiger partial charge is 0.355 e. The summed E-state index contributed by atoms with van der Waals surface area (Å²) in [4.78, 5) is 23.3. The number of rotatable bonds is 6. The lowest BCUT2D eigenvalue weighted by Gasteiger charge is -2.31. The van der Waals surface area contributed by atoms with Crippen LogP contribution in [0.15, 0.2) is 29.2 Å². The Hall–Kier alpha value is -1.68. The highest BCUT2D eigenvalue weighted by molar-refractivity contribution is 7.89. The van der Waals surface area contributed by atoms with Crippen LogP contribution >= 0.6 is 12.4 Å². The molecule has 8 nitrogen and oxygen atoms in total. The minimum atomic E-state index is -3.68. The van der Waals surface area contributed by atoms with Gasteiger partial charge in [0.25, 0.3) is 0 Å². The SMILES string of the molecule is CC(=O)Nc1ccc(S(=O)(=O)N2CCCC(C(=O)NCCN)C2)cc1.Cl. The fraction of sp³-hybridized carbons (Fsp3) is 0.500. The number of amides is 2. The molecule has 10 heteroatoms. The lowest BCUT2D eigenvalue weighted by atomic mass is 9.99. The summed E-state index contributed by atoms with van der Waals surface area (Å²) in [6.45, 7) is 2.66. The number of halogens is 1. The number of hydrogen-bond acceptors (Lipinski definition) is 5. The van der Waals surface area contributed by atoms with Crippen molar-refractivity contribution in [2.45, 2.75) is 24.7 Å². The fourth-order valence-corrected chi connectivity index (χ4v) is 4.30. The molecule has 26 heavy (non-hydrogen) atoms. The average Bonchev–Trinajstić information content (AvgIpc) is 2.59. The molecule has 4 N–H and O–H groups in total. The van der Waals surface area contributed by atoms with Gasteiger partial charge in [0, 0.05) is 38.8 Å². The van der Waals surface area contributed by atoms with Gasteiger partial charge < -0.3 is 16.4 Å². The molecule has 2 rings (SSSR count). The molecule has 1 saturated heterocycles. The zero-order valence-corrected chi connectivity index (χ0v) is 16.2. The highest BCUT2D eigenvalue weighted by Crippen LogP contribution is 2.24. The molecular weight excluding hydrogens is 380 g/mol. The topological polar surface area (TPSA) is 122 Å². The van der Waals surface area contributed by atoms with E-state index < -0.39 is 10.0 Å². The van der Waals surface area contributed by atoms with Crippen LogP contribution in [0.25, 0.3) is 0 Å². The predicted octanol–water partition coefficient (Wildman–Crippen LogP) is 0.542. The smallest absolute Gasteiger partial charge is 0.243 e. The van der Waals surface area contributed by atoms with Crippen molar-refractivity contribution in [3.8, 4) is 0 Å². The van der Waals surface area contributed by atoms with Crippen LogP contribution in [-0.4, -0.2) is 50.7 Å². The Morgan fingerprint density at radius 2 is 1.92 bits per heavy atom. The first-order valence-electron chi connectivity index (χ1n) is 8.20. The quantitative estimate of drug-likeness (QED) is 0.638. The van der Waals surface area contributed by atoms with E-state index in [9.17, 15) is 18.0 Å². The Labute approximate surface area is 160 Å². The molecule has 1 heterocycles. The third-order valence-electron chi connectivity index (χ3n) is 4.01. The number of anilines is 1. The van der Waals surface area contributed by atoms with Crippen molar-refractivity contribution in [3.63, 3.8) is 0 Å². The molecule has 1 aliphatic heterocycles. The van der Waals surface area contributed by atoms with E-state index in [1.54, 1.807) is 12.1 Å². The standard InChI is InChI=1S/C16H24N4O4S.ClH/c1-12(21)19-14-4-6-15(7-5-14)25(23,24)20-10-2-3-13(11-20)16(22)18-9-8-17;/h4-7,13H,2-3,8-11,17H2,1H3,(H,18,22)(H,19,21);1H. The number of carbonyl (C=O) groups is 2. The van der Waals surface area contributed by atoms with Crippen molar-refractivity contribution < 1.29 is 18.0 Å². The second-order valence-electron chi connectivity index (χ2n) is 5.99. The maximum absolute atomic E-state index is 12.8. The molecule has 0 aromatic heterocycles. The van der Waals surface area contributed by atoms with Gasteiger partial charge in [-0.3, -0.25) is 9.59 Å². The lowest BCUT2D eigenvalue weighted by molar-refractivity contribution is -0.126. The Bertz CT molecular complexity index is 724. The third kappa shape index (κ3) is 5.66. The molecule has 0 radical (unpaired) electrons. The van der Waals surface area contributed by atoms with E-state index >= 15 is 0 Å². The number of benzene rings is 1. The normalized spacial score (nSPS) is 17.8. The summed E-state index contributed by atoms with van der Waals surface area (Å²) in [7, 11) is -3.68. The number of hydrogen-bond donors (Lipinski definition) is 3. The molecule has 2 amide bonds. The summed E-state index contributed by atoms with van der Waals surface area (Å²) in [5.41, 5.74) is 5.91. The van der Waals surface area contributed by atoms with Gasteiger partial charge in [0.05, 0.1) is 10.8 Å². The van der Waals surface area contributed by atoms with E-state index in [1.165, 1.54) is 23.4 Å². The summed E-state index contributed by atoms with van der Waals surface area (Å²) in [5, 5.41) is 5.31. The van der Waals surface area contributed by atoms with E-state index in [0.717, 1.165) is 0 Å². The Morgan fingerprint density at radius 3 is 2.50 bits per heavy atom. The van der Waals surface area contributed by atoms with Gasteiger partial charge in [-0.15, -0.1) is 12.4 Å². The minimum absolute atomic E-state index is 0. The highest BCUT2D eigenvalue weighted by Gasteiger charge is 2.33. The summed E-state index contributed by atoms with van der Waals surface area (Å²) in [6.07, 6.45) is 1.29. The second-order valence-corrected chi connectivity index (χ2v) is 7.93. The van der Waals surface area contributed by atoms with Gasteiger partial charge in [-0.05, 0) is 37.1 Å². The van der Waals surface area contributed by atoms with Crippen molar-refractivity contribution >= 4 is 39.9 Å². The Balaban J connectivity index is 0.00000338. The van der Waals surface area contributed by atoms with Crippen LogP contribution in [0.4, 0.5) is 5.69 Å². The summed E-state index contributed by atoms with van der Waals surface area (Å²) < 4.78 is 26.9. The minimum Gasteiger partial charge on any atom is -0.355 e. The van der Waals surface area contributed by atoms with E-state index in [4.69, 9.17) is 5.73 Å². The zero-order chi connectivity index (χ0) is 18.4. The van der Waals surface area contributed by atoms with Crippen molar-refractivity contribution in [1.82, 2.24) is 9.62 Å². The van der Waals surface area contributed by atoms with E-state index in [2.05, 4.69) is 10.6 Å². The molecule has 1 aromatic carbocycles. The predicted molar refractivity (Wildman–Crippen MR) is 102 cm³/mol. The Kier molecular flexibility index (Phi) is 8.48. The van der Waals surface area contributed by atoms with E-state index in [-0.39, 0.29) is 41.6 Å². The van der Waals surface area contributed by atoms with Crippen LogP contribution in [0, 0.1) is 5.92 Å². The maximum Gasteiger partial charge on any atom is 0.243 e. The summed E-state index contributed by atoms with van der Waals surface area (Å²) in [6, 6.07) is 6.00. The molecule has 146 valence electrons. The van der Waals surface area contributed by atoms with Crippen molar-refractivity contribution in [1.29, 1.82) is 0 Å². The number of sulfonamides is 1. The summed E-state index contributed by atoms with van der Waals surface area (Å²) in [5.74, 6) is -0.752. The molecule has 0 aliphatic carbocycles. The lowest BCUT2D eigenvalue weighted by Crippen LogP contribution is -2.46. The van der Waals surface area contributed by atoms with Crippen molar-refractivity contribution in [3.05, 3.63) is 24.3 Å². The second kappa shape index (κ2) is 9.86. The van der Waals surface area contributed by atoms with E-state index in [0.29, 0.717) is 38.2 Å². The molecule has 0 saturated carbocycles. The Morgan fingerprint density at radius 1 is 1.27 bits per heavy atom. The van der Waals surface area contributed by atoms with Gasteiger partial charge in [0.15, 0.2) is 0 Å². The van der Waals surface area contributed by atoms with Gasteiger partial charge >= 0.3 is 0 Å². The monoisotopic (exact) mass is 404 g/mol. The third-order valence-corrected chi connectivity index (χ3v) is 5.89. The van der Waals surface area contributed by atoms with Gasteiger partial charge in [-0.1, -0.05) is 0 Å². The van der Waals surface area contributed by atoms with Crippen LogP contribution in [0.3, 0.4) is 0 Å². The molecule has 1 aliphatic rings. The van der Waals surface area contributed by atoms with E-state index in [1.807, 2.05) is 0 Å². The number of carbonyl (C=O) groups excluding carboxylic acids is 2.